The normalized spacial score (nSPS) is 12.7. The van der Waals surface area contributed by atoms with Crippen molar-refractivity contribution in [2.75, 3.05) is 13.1 Å². The molecule has 2 aromatic rings. The molecule has 0 spiro atoms. The van der Waals surface area contributed by atoms with Gasteiger partial charge in [-0.15, -0.1) is 11.3 Å². The summed E-state index contributed by atoms with van der Waals surface area (Å²) in [5.74, 6) is -0.169. The van der Waals surface area contributed by atoms with Gasteiger partial charge in [-0.3, -0.25) is 4.79 Å². The Hall–Kier alpha value is -1.70. The number of nitrogens with zero attached hydrogens (tertiary/aromatic N) is 1. The third kappa shape index (κ3) is 5.65. The van der Waals surface area contributed by atoms with Crippen LogP contribution in [0.5, 0.6) is 0 Å². The highest BCUT2D eigenvalue weighted by molar-refractivity contribution is 7.91. The van der Waals surface area contributed by atoms with E-state index in [0.29, 0.717) is 19.5 Å². The lowest BCUT2D eigenvalue weighted by Crippen LogP contribution is -2.50. The minimum atomic E-state index is -3.72. The number of nitrogens with one attached hydrogen (secondary N) is 1. The Bertz CT molecular complexity index is 768. The van der Waals surface area contributed by atoms with Crippen molar-refractivity contribution in [2.24, 2.45) is 0 Å². The van der Waals surface area contributed by atoms with E-state index >= 15 is 0 Å². The zero-order valence-corrected chi connectivity index (χ0v) is 16.9. The number of benzene rings is 1. The van der Waals surface area contributed by atoms with Crippen molar-refractivity contribution >= 4 is 27.3 Å². The van der Waals surface area contributed by atoms with Crippen LogP contribution in [0, 0.1) is 0 Å². The second-order valence-electron chi connectivity index (χ2n) is 6.12. The molecule has 0 radical (unpaired) electrons. The van der Waals surface area contributed by atoms with Gasteiger partial charge in [0.1, 0.15) is 10.3 Å². The summed E-state index contributed by atoms with van der Waals surface area (Å²) in [5.41, 5.74) is 0.924. The van der Waals surface area contributed by atoms with Crippen molar-refractivity contribution in [3.8, 4) is 0 Å². The Kier molecular flexibility index (Phi) is 7.81. The minimum absolute atomic E-state index is 0.169. The average molecular weight is 395 g/mol. The Morgan fingerprint density at radius 2 is 1.73 bits per heavy atom. The largest absolute Gasteiger partial charge is 0.341 e. The van der Waals surface area contributed by atoms with Gasteiger partial charge in [-0.2, -0.15) is 4.72 Å². The molecule has 0 aliphatic rings. The number of hydrogen-bond acceptors (Lipinski definition) is 4. The highest BCUT2D eigenvalue weighted by atomic mass is 32.2. The number of carbonyl (C=O) groups excluding carboxylic acids is 1. The second kappa shape index (κ2) is 9.85. The molecule has 0 fully saturated rings. The van der Waals surface area contributed by atoms with E-state index in [1.165, 1.54) is 0 Å². The fourth-order valence-corrected chi connectivity index (χ4v) is 4.98. The van der Waals surface area contributed by atoms with Crippen LogP contribution in [0.1, 0.15) is 32.3 Å². The van der Waals surface area contributed by atoms with Gasteiger partial charge in [0.05, 0.1) is 0 Å². The molecule has 1 amide bonds. The van der Waals surface area contributed by atoms with Gasteiger partial charge in [-0.05, 0) is 36.3 Å². The van der Waals surface area contributed by atoms with Crippen LogP contribution in [-0.2, 0) is 21.2 Å². The molecule has 5 nitrogen and oxygen atoms in total. The van der Waals surface area contributed by atoms with Gasteiger partial charge in [0.2, 0.25) is 5.91 Å². The molecule has 0 saturated carbocycles. The molecule has 1 aromatic heterocycles. The molecular weight excluding hydrogens is 368 g/mol. The van der Waals surface area contributed by atoms with Gasteiger partial charge < -0.3 is 4.90 Å². The molecule has 1 heterocycles. The van der Waals surface area contributed by atoms with Gasteiger partial charge in [-0.1, -0.05) is 50.2 Å². The van der Waals surface area contributed by atoms with Gasteiger partial charge in [-0.25, -0.2) is 8.42 Å². The van der Waals surface area contributed by atoms with Crippen LogP contribution in [0.4, 0.5) is 0 Å². The van der Waals surface area contributed by atoms with Crippen molar-refractivity contribution in [2.45, 2.75) is 43.4 Å². The van der Waals surface area contributed by atoms with Crippen molar-refractivity contribution < 1.29 is 13.2 Å². The molecule has 0 saturated heterocycles. The van der Waals surface area contributed by atoms with Crippen molar-refractivity contribution in [1.29, 1.82) is 0 Å². The molecule has 1 aromatic carbocycles. The van der Waals surface area contributed by atoms with E-state index in [0.717, 1.165) is 29.7 Å². The van der Waals surface area contributed by atoms with Crippen molar-refractivity contribution in [3.63, 3.8) is 0 Å². The first kappa shape index (κ1) is 20.6. The van der Waals surface area contributed by atoms with Crippen LogP contribution in [0.15, 0.2) is 52.1 Å². The second-order valence-corrected chi connectivity index (χ2v) is 9.01. The fraction of sp³-hybridized carbons (Fsp3) is 0.421. The third-order valence-corrected chi connectivity index (χ3v) is 6.81. The number of thiophene rings is 1. The van der Waals surface area contributed by atoms with E-state index in [1.54, 1.807) is 22.4 Å². The molecule has 0 bridgehead atoms. The van der Waals surface area contributed by atoms with E-state index < -0.39 is 16.1 Å². The zero-order chi connectivity index (χ0) is 19.0. The summed E-state index contributed by atoms with van der Waals surface area (Å²) in [6.45, 7) is 5.27. The summed E-state index contributed by atoms with van der Waals surface area (Å²) in [4.78, 5) is 14.8. The van der Waals surface area contributed by atoms with E-state index in [2.05, 4.69) is 4.72 Å². The molecule has 0 aliphatic heterocycles. The molecule has 142 valence electrons. The molecule has 0 aliphatic carbocycles. The van der Waals surface area contributed by atoms with Crippen LogP contribution < -0.4 is 4.72 Å². The van der Waals surface area contributed by atoms with Gasteiger partial charge >= 0.3 is 0 Å². The third-order valence-electron chi connectivity index (χ3n) is 3.94. The van der Waals surface area contributed by atoms with E-state index in [1.807, 2.05) is 44.2 Å². The van der Waals surface area contributed by atoms with Crippen LogP contribution in [-0.4, -0.2) is 38.4 Å². The first-order valence-corrected chi connectivity index (χ1v) is 11.2. The highest BCUT2D eigenvalue weighted by Crippen LogP contribution is 2.17. The summed E-state index contributed by atoms with van der Waals surface area (Å²) in [6, 6.07) is 11.9. The van der Waals surface area contributed by atoms with Crippen molar-refractivity contribution in [3.05, 3.63) is 53.4 Å². The molecule has 2 rings (SSSR count). The summed E-state index contributed by atoms with van der Waals surface area (Å²) in [6.07, 6.45) is 2.00. The summed E-state index contributed by atoms with van der Waals surface area (Å²) < 4.78 is 28.2. The van der Waals surface area contributed by atoms with Crippen LogP contribution in [0.25, 0.3) is 0 Å². The number of rotatable bonds is 10. The fourth-order valence-electron chi connectivity index (χ4n) is 2.78. The quantitative estimate of drug-likeness (QED) is 0.672. The maximum atomic E-state index is 13.1. The van der Waals surface area contributed by atoms with Crippen LogP contribution in [0.2, 0.25) is 0 Å². The Labute approximate surface area is 160 Å². The lowest BCUT2D eigenvalue weighted by molar-refractivity contribution is -0.133. The molecule has 1 N–H and O–H groups in total. The average Bonchev–Trinajstić information content (AvgIpc) is 3.17. The van der Waals surface area contributed by atoms with Crippen LogP contribution >= 0.6 is 11.3 Å². The Morgan fingerprint density at radius 3 is 2.27 bits per heavy atom. The monoisotopic (exact) mass is 394 g/mol. The molecule has 26 heavy (non-hydrogen) atoms. The lowest BCUT2D eigenvalue weighted by atomic mass is 10.1. The summed E-state index contributed by atoms with van der Waals surface area (Å²) >= 11 is 1.14. The van der Waals surface area contributed by atoms with Crippen molar-refractivity contribution in [1.82, 2.24) is 9.62 Å². The van der Waals surface area contributed by atoms with E-state index in [9.17, 15) is 13.2 Å². The molecule has 1 atom stereocenters. The highest BCUT2D eigenvalue weighted by Gasteiger charge is 2.29. The van der Waals surface area contributed by atoms with E-state index in [-0.39, 0.29) is 10.1 Å². The molecule has 7 heteroatoms. The first-order chi connectivity index (χ1) is 12.5. The molecular formula is C19H26N2O3S2. The minimum Gasteiger partial charge on any atom is -0.341 e. The summed E-state index contributed by atoms with van der Waals surface area (Å²) in [5, 5.41) is 1.71. The SMILES string of the molecule is CCCN(CCC)C(=O)[C@H](Cc1ccccc1)NS(=O)(=O)c1cccs1. The number of amides is 1. The lowest BCUT2D eigenvalue weighted by Gasteiger charge is -2.27. The standard InChI is InChI=1S/C19H26N2O3S2/c1-3-12-21(13-4-2)19(22)17(15-16-9-6-5-7-10-16)20-26(23,24)18-11-8-14-25-18/h5-11,14,17,20H,3-4,12-13,15H2,1-2H3/t17-/m0/s1. The van der Waals surface area contributed by atoms with E-state index in [4.69, 9.17) is 0 Å². The topological polar surface area (TPSA) is 66.5 Å². The predicted molar refractivity (Wildman–Crippen MR) is 106 cm³/mol. The predicted octanol–water partition coefficient (Wildman–Crippen LogP) is 3.29. The zero-order valence-electron chi connectivity index (χ0n) is 15.2. The Morgan fingerprint density at radius 1 is 1.08 bits per heavy atom. The van der Waals surface area contributed by atoms with Crippen LogP contribution in [0.3, 0.4) is 0 Å². The summed E-state index contributed by atoms with van der Waals surface area (Å²) in [7, 11) is -3.72. The number of sulfonamides is 1. The number of hydrogen-bond donors (Lipinski definition) is 1. The molecule has 0 unspecified atom stereocenters. The van der Waals surface area contributed by atoms with Gasteiger partial charge in [0, 0.05) is 13.1 Å². The number of carbonyl (C=O) groups is 1. The Balaban J connectivity index is 2.27. The first-order valence-electron chi connectivity index (χ1n) is 8.86. The van der Waals surface area contributed by atoms with Gasteiger partial charge in [0.15, 0.2) is 0 Å². The maximum Gasteiger partial charge on any atom is 0.250 e. The van der Waals surface area contributed by atoms with Gasteiger partial charge in [0.25, 0.3) is 10.0 Å². The maximum absolute atomic E-state index is 13.1. The smallest absolute Gasteiger partial charge is 0.250 e.